The molecule has 7 heteroatoms. The number of aromatic carboxylic acids is 1. The average molecular weight is 267 g/mol. The Bertz CT molecular complexity index is 488. The van der Waals surface area contributed by atoms with Crippen molar-refractivity contribution in [3.8, 4) is 0 Å². The molecule has 0 saturated heterocycles. The normalized spacial score (nSPS) is 12.2. The fourth-order valence-electron chi connectivity index (χ4n) is 1.77. The van der Waals surface area contributed by atoms with E-state index in [-0.39, 0.29) is 11.6 Å². The first-order valence-corrected chi connectivity index (χ1v) is 6.01. The van der Waals surface area contributed by atoms with Crippen molar-refractivity contribution in [3.63, 3.8) is 0 Å². The summed E-state index contributed by atoms with van der Waals surface area (Å²) in [6.45, 7) is 6.07. The Morgan fingerprint density at radius 2 is 2.21 bits per heavy atom. The molecule has 0 spiro atoms. The Hall–Kier alpha value is -2.18. The van der Waals surface area contributed by atoms with Gasteiger partial charge in [-0.15, -0.1) is 0 Å². The molecule has 2 N–H and O–H groups in total. The molecule has 1 aromatic rings. The van der Waals surface area contributed by atoms with Crippen LogP contribution in [0, 0.1) is 16.0 Å². The van der Waals surface area contributed by atoms with Gasteiger partial charge in [-0.1, -0.05) is 20.8 Å². The monoisotopic (exact) mass is 267 g/mol. The first kappa shape index (κ1) is 14.9. The van der Waals surface area contributed by atoms with Gasteiger partial charge in [-0.3, -0.25) is 10.1 Å². The molecule has 104 valence electrons. The van der Waals surface area contributed by atoms with E-state index < -0.39 is 16.6 Å². The molecule has 1 rings (SSSR count). The van der Waals surface area contributed by atoms with Gasteiger partial charge in [-0.05, 0) is 12.3 Å². The van der Waals surface area contributed by atoms with Gasteiger partial charge in [0.15, 0.2) is 0 Å². The molecule has 1 heterocycles. The summed E-state index contributed by atoms with van der Waals surface area (Å²) in [7, 11) is 0. The zero-order chi connectivity index (χ0) is 14.6. The van der Waals surface area contributed by atoms with E-state index in [2.05, 4.69) is 10.3 Å². The van der Waals surface area contributed by atoms with Gasteiger partial charge in [0.25, 0.3) is 0 Å². The summed E-state index contributed by atoms with van der Waals surface area (Å²) in [5, 5.41) is 22.8. The van der Waals surface area contributed by atoms with Crippen LogP contribution in [0.1, 0.15) is 37.6 Å². The Morgan fingerprint density at radius 1 is 1.58 bits per heavy atom. The maximum Gasteiger partial charge on any atom is 0.342 e. The van der Waals surface area contributed by atoms with E-state index in [0.717, 1.165) is 12.6 Å². The Labute approximate surface area is 110 Å². The molecule has 0 bridgehead atoms. The number of rotatable bonds is 6. The molecule has 0 aromatic carbocycles. The lowest BCUT2D eigenvalue weighted by Gasteiger charge is -2.21. The largest absolute Gasteiger partial charge is 0.477 e. The van der Waals surface area contributed by atoms with E-state index >= 15 is 0 Å². The molecule has 1 atom stereocenters. The van der Waals surface area contributed by atoms with Crippen molar-refractivity contribution in [1.82, 2.24) is 4.98 Å². The highest BCUT2D eigenvalue weighted by atomic mass is 16.6. The minimum Gasteiger partial charge on any atom is -0.477 e. The van der Waals surface area contributed by atoms with Crippen LogP contribution in [-0.2, 0) is 0 Å². The van der Waals surface area contributed by atoms with Crippen LogP contribution in [0.5, 0.6) is 0 Å². The zero-order valence-electron chi connectivity index (χ0n) is 11.1. The van der Waals surface area contributed by atoms with Crippen LogP contribution in [0.3, 0.4) is 0 Å². The van der Waals surface area contributed by atoms with Crippen molar-refractivity contribution in [2.24, 2.45) is 5.92 Å². The highest BCUT2D eigenvalue weighted by Gasteiger charge is 2.22. The second-order valence-corrected chi connectivity index (χ2v) is 4.55. The van der Waals surface area contributed by atoms with Crippen LogP contribution < -0.4 is 5.32 Å². The SMILES string of the molecule is CCC(Nc1cc(C(=O)O)c([N+](=O)[O-])cn1)C(C)C. The minimum atomic E-state index is -1.34. The third-order valence-corrected chi connectivity index (χ3v) is 2.89. The molecule has 19 heavy (non-hydrogen) atoms. The molecule has 0 radical (unpaired) electrons. The van der Waals surface area contributed by atoms with Crippen molar-refractivity contribution in [3.05, 3.63) is 27.9 Å². The fraction of sp³-hybridized carbons (Fsp3) is 0.500. The number of carbonyl (C=O) groups is 1. The lowest BCUT2D eigenvalue weighted by atomic mass is 10.0. The van der Waals surface area contributed by atoms with Crippen molar-refractivity contribution in [1.29, 1.82) is 0 Å². The number of aromatic nitrogens is 1. The molecule has 0 amide bonds. The van der Waals surface area contributed by atoms with E-state index in [9.17, 15) is 14.9 Å². The van der Waals surface area contributed by atoms with Crippen LogP contribution in [0.4, 0.5) is 11.5 Å². The van der Waals surface area contributed by atoms with Crippen LogP contribution in [-0.4, -0.2) is 27.0 Å². The first-order valence-electron chi connectivity index (χ1n) is 6.01. The maximum absolute atomic E-state index is 11.0. The van der Waals surface area contributed by atoms with Gasteiger partial charge in [0.05, 0.1) is 4.92 Å². The number of nitrogens with zero attached hydrogens (tertiary/aromatic N) is 2. The predicted molar refractivity (Wildman–Crippen MR) is 70.4 cm³/mol. The van der Waals surface area contributed by atoms with Gasteiger partial charge in [0, 0.05) is 12.1 Å². The third kappa shape index (κ3) is 3.64. The number of hydrogen-bond donors (Lipinski definition) is 2. The topological polar surface area (TPSA) is 105 Å². The number of nitro groups is 1. The van der Waals surface area contributed by atoms with Gasteiger partial charge in [0.2, 0.25) is 0 Å². The van der Waals surface area contributed by atoms with Crippen molar-refractivity contribution in [2.75, 3.05) is 5.32 Å². The van der Waals surface area contributed by atoms with Crippen LogP contribution in [0.2, 0.25) is 0 Å². The molecule has 0 aliphatic heterocycles. The standard InChI is InChI=1S/C12H17N3O4/c1-4-9(7(2)3)14-11-5-8(12(16)17)10(6-13-11)15(18)19/h5-7,9H,4H2,1-3H3,(H,13,14)(H,16,17). The molecule has 0 aliphatic rings. The van der Waals surface area contributed by atoms with Crippen LogP contribution >= 0.6 is 0 Å². The molecular weight excluding hydrogens is 250 g/mol. The lowest BCUT2D eigenvalue weighted by molar-refractivity contribution is -0.385. The van der Waals surface area contributed by atoms with E-state index in [1.807, 2.05) is 20.8 Å². The lowest BCUT2D eigenvalue weighted by Crippen LogP contribution is -2.25. The van der Waals surface area contributed by atoms with Crippen molar-refractivity contribution >= 4 is 17.5 Å². The minimum absolute atomic E-state index is 0.135. The molecule has 1 unspecified atom stereocenters. The third-order valence-electron chi connectivity index (χ3n) is 2.89. The summed E-state index contributed by atoms with van der Waals surface area (Å²) in [4.78, 5) is 24.9. The van der Waals surface area contributed by atoms with Gasteiger partial charge < -0.3 is 10.4 Å². The summed E-state index contributed by atoms with van der Waals surface area (Å²) in [6.07, 6.45) is 1.82. The number of pyridine rings is 1. The number of carboxylic acids is 1. The summed E-state index contributed by atoms with van der Waals surface area (Å²) < 4.78 is 0. The Kier molecular flexibility index (Phi) is 4.80. The van der Waals surface area contributed by atoms with Crippen molar-refractivity contribution in [2.45, 2.75) is 33.2 Å². The number of anilines is 1. The second-order valence-electron chi connectivity index (χ2n) is 4.55. The van der Waals surface area contributed by atoms with Gasteiger partial charge in [-0.2, -0.15) is 0 Å². The van der Waals surface area contributed by atoms with E-state index in [4.69, 9.17) is 5.11 Å². The highest BCUT2D eigenvalue weighted by Crippen LogP contribution is 2.22. The summed E-state index contributed by atoms with van der Waals surface area (Å²) in [5.74, 6) is -0.659. The quantitative estimate of drug-likeness (QED) is 0.606. The molecule has 0 saturated carbocycles. The Balaban J connectivity index is 3.08. The molecule has 1 aromatic heterocycles. The summed E-state index contributed by atoms with van der Waals surface area (Å²) in [5.41, 5.74) is -0.864. The zero-order valence-corrected chi connectivity index (χ0v) is 11.1. The smallest absolute Gasteiger partial charge is 0.342 e. The van der Waals surface area contributed by atoms with Crippen molar-refractivity contribution < 1.29 is 14.8 Å². The predicted octanol–water partition coefficient (Wildman–Crippen LogP) is 2.53. The number of carboxylic acid groups (broad SMARTS) is 1. The first-order chi connectivity index (χ1) is 8.86. The van der Waals surface area contributed by atoms with Gasteiger partial charge in [-0.25, -0.2) is 9.78 Å². The number of nitrogens with one attached hydrogen (secondary N) is 1. The highest BCUT2D eigenvalue weighted by molar-refractivity contribution is 5.93. The second kappa shape index (κ2) is 6.12. The molecule has 0 fully saturated rings. The average Bonchev–Trinajstić information content (AvgIpc) is 2.34. The maximum atomic E-state index is 11.0. The fourth-order valence-corrected chi connectivity index (χ4v) is 1.77. The van der Waals surface area contributed by atoms with Gasteiger partial charge in [0.1, 0.15) is 17.6 Å². The summed E-state index contributed by atoms with van der Waals surface area (Å²) in [6, 6.07) is 1.33. The number of hydrogen-bond acceptors (Lipinski definition) is 5. The molecule has 7 nitrogen and oxygen atoms in total. The van der Waals surface area contributed by atoms with Crippen LogP contribution in [0.25, 0.3) is 0 Å². The summed E-state index contributed by atoms with van der Waals surface area (Å²) >= 11 is 0. The van der Waals surface area contributed by atoms with Gasteiger partial charge >= 0.3 is 11.7 Å². The van der Waals surface area contributed by atoms with E-state index in [0.29, 0.717) is 11.7 Å². The van der Waals surface area contributed by atoms with E-state index in [1.54, 1.807) is 0 Å². The van der Waals surface area contributed by atoms with E-state index in [1.165, 1.54) is 6.07 Å². The molecule has 0 aliphatic carbocycles. The molecular formula is C12H17N3O4. The Morgan fingerprint density at radius 3 is 2.63 bits per heavy atom. The van der Waals surface area contributed by atoms with Crippen LogP contribution in [0.15, 0.2) is 12.3 Å².